The summed E-state index contributed by atoms with van der Waals surface area (Å²) in [5, 5.41) is 6.31. The average molecular weight is 274 g/mol. The van der Waals surface area contributed by atoms with Gasteiger partial charge in [0.25, 0.3) is 0 Å². The number of anilines is 1. The summed E-state index contributed by atoms with van der Waals surface area (Å²) < 4.78 is 0. The van der Waals surface area contributed by atoms with Gasteiger partial charge in [0.1, 0.15) is 0 Å². The number of carbonyl (C=O) groups excluding carboxylic acids is 1. The van der Waals surface area contributed by atoms with Crippen molar-refractivity contribution in [3.63, 3.8) is 0 Å². The lowest BCUT2D eigenvalue weighted by Crippen LogP contribution is -2.37. The molecule has 1 fully saturated rings. The lowest BCUT2D eigenvalue weighted by atomic mass is 9.95. The van der Waals surface area contributed by atoms with Crippen molar-refractivity contribution >= 4 is 11.6 Å². The SMILES string of the molecule is CC(C)c1ccc(NC(=O)CNC2CCCCC2)cc1. The van der Waals surface area contributed by atoms with E-state index < -0.39 is 0 Å². The van der Waals surface area contributed by atoms with E-state index in [1.165, 1.54) is 37.7 Å². The molecule has 1 aromatic rings. The van der Waals surface area contributed by atoms with E-state index in [0.29, 0.717) is 18.5 Å². The van der Waals surface area contributed by atoms with Crippen LogP contribution in [-0.2, 0) is 4.79 Å². The minimum atomic E-state index is 0.0490. The summed E-state index contributed by atoms with van der Waals surface area (Å²) in [6, 6.07) is 8.64. The highest BCUT2D eigenvalue weighted by Crippen LogP contribution is 2.18. The Hall–Kier alpha value is -1.35. The van der Waals surface area contributed by atoms with Crippen molar-refractivity contribution in [3.8, 4) is 0 Å². The van der Waals surface area contributed by atoms with E-state index >= 15 is 0 Å². The van der Waals surface area contributed by atoms with Gasteiger partial charge in [-0.1, -0.05) is 45.2 Å². The highest BCUT2D eigenvalue weighted by Gasteiger charge is 2.13. The van der Waals surface area contributed by atoms with Crippen LogP contribution in [0.25, 0.3) is 0 Å². The Morgan fingerprint density at radius 3 is 2.40 bits per heavy atom. The number of hydrogen-bond donors (Lipinski definition) is 2. The van der Waals surface area contributed by atoms with Gasteiger partial charge in [-0.05, 0) is 36.5 Å². The van der Waals surface area contributed by atoms with Crippen molar-refractivity contribution in [3.05, 3.63) is 29.8 Å². The molecule has 0 saturated heterocycles. The topological polar surface area (TPSA) is 41.1 Å². The fourth-order valence-corrected chi connectivity index (χ4v) is 2.70. The van der Waals surface area contributed by atoms with E-state index in [1.807, 2.05) is 12.1 Å². The van der Waals surface area contributed by atoms with Crippen molar-refractivity contribution in [1.29, 1.82) is 0 Å². The number of amides is 1. The molecule has 0 radical (unpaired) electrons. The third-order valence-corrected chi connectivity index (χ3v) is 4.02. The maximum atomic E-state index is 11.9. The van der Waals surface area contributed by atoms with Crippen LogP contribution in [0.2, 0.25) is 0 Å². The maximum absolute atomic E-state index is 11.9. The average Bonchev–Trinajstić information content (AvgIpc) is 2.47. The predicted octanol–water partition coefficient (Wildman–Crippen LogP) is 3.67. The molecule has 110 valence electrons. The minimum Gasteiger partial charge on any atom is -0.325 e. The molecule has 0 aliphatic heterocycles. The summed E-state index contributed by atoms with van der Waals surface area (Å²) in [6.07, 6.45) is 6.32. The molecule has 0 bridgehead atoms. The van der Waals surface area contributed by atoms with Gasteiger partial charge in [-0.25, -0.2) is 0 Å². The van der Waals surface area contributed by atoms with E-state index in [0.717, 1.165) is 5.69 Å². The molecular weight excluding hydrogens is 248 g/mol. The first-order chi connectivity index (χ1) is 9.65. The van der Waals surface area contributed by atoms with Gasteiger partial charge in [0, 0.05) is 11.7 Å². The molecule has 3 heteroatoms. The van der Waals surface area contributed by atoms with Gasteiger partial charge in [-0.3, -0.25) is 4.79 Å². The normalized spacial score (nSPS) is 16.4. The second-order valence-corrected chi connectivity index (χ2v) is 6.04. The van der Waals surface area contributed by atoms with Gasteiger partial charge in [-0.15, -0.1) is 0 Å². The third kappa shape index (κ3) is 4.64. The van der Waals surface area contributed by atoms with Crippen molar-refractivity contribution in [2.24, 2.45) is 0 Å². The molecule has 3 nitrogen and oxygen atoms in total. The molecule has 0 aromatic heterocycles. The summed E-state index contributed by atoms with van der Waals surface area (Å²) in [7, 11) is 0. The second-order valence-electron chi connectivity index (χ2n) is 6.04. The first kappa shape index (κ1) is 15.0. The first-order valence-corrected chi connectivity index (χ1v) is 7.78. The molecule has 20 heavy (non-hydrogen) atoms. The zero-order valence-electron chi connectivity index (χ0n) is 12.6. The van der Waals surface area contributed by atoms with Gasteiger partial charge in [0.05, 0.1) is 6.54 Å². The van der Waals surface area contributed by atoms with Gasteiger partial charge in [0.15, 0.2) is 0 Å². The van der Waals surface area contributed by atoms with E-state index in [9.17, 15) is 4.79 Å². The monoisotopic (exact) mass is 274 g/mol. The van der Waals surface area contributed by atoms with Crippen LogP contribution in [0, 0.1) is 0 Å². The predicted molar refractivity (Wildman–Crippen MR) is 84.0 cm³/mol. The van der Waals surface area contributed by atoms with Crippen LogP contribution in [0.5, 0.6) is 0 Å². The lowest BCUT2D eigenvalue weighted by molar-refractivity contribution is -0.115. The van der Waals surface area contributed by atoms with E-state index in [-0.39, 0.29) is 5.91 Å². The van der Waals surface area contributed by atoms with Crippen LogP contribution < -0.4 is 10.6 Å². The van der Waals surface area contributed by atoms with Crippen molar-refractivity contribution in [1.82, 2.24) is 5.32 Å². The number of hydrogen-bond acceptors (Lipinski definition) is 2. The van der Waals surface area contributed by atoms with E-state index in [4.69, 9.17) is 0 Å². The molecular formula is C17H26N2O. The largest absolute Gasteiger partial charge is 0.325 e. The molecule has 0 atom stereocenters. The van der Waals surface area contributed by atoms with Gasteiger partial charge >= 0.3 is 0 Å². The third-order valence-electron chi connectivity index (χ3n) is 4.02. The molecule has 0 heterocycles. The maximum Gasteiger partial charge on any atom is 0.238 e. The Bertz CT molecular complexity index is 419. The summed E-state index contributed by atoms with van der Waals surface area (Å²) >= 11 is 0. The van der Waals surface area contributed by atoms with Gasteiger partial charge in [0.2, 0.25) is 5.91 Å². The molecule has 1 aliphatic rings. The zero-order valence-corrected chi connectivity index (χ0v) is 12.6. The van der Waals surface area contributed by atoms with Crippen LogP contribution in [0.1, 0.15) is 57.4 Å². The molecule has 0 spiro atoms. The van der Waals surface area contributed by atoms with Crippen molar-refractivity contribution < 1.29 is 4.79 Å². The lowest BCUT2D eigenvalue weighted by Gasteiger charge is -2.22. The Kier molecular flexibility index (Phi) is 5.60. The second kappa shape index (κ2) is 7.44. The molecule has 0 unspecified atom stereocenters. The molecule has 2 N–H and O–H groups in total. The number of carbonyl (C=O) groups is 1. The molecule has 1 saturated carbocycles. The van der Waals surface area contributed by atoms with Gasteiger partial charge in [-0.2, -0.15) is 0 Å². The highest BCUT2D eigenvalue weighted by molar-refractivity contribution is 5.92. The smallest absolute Gasteiger partial charge is 0.238 e. The van der Waals surface area contributed by atoms with Gasteiger partial charge < -0.3 is 10.6 Å². The number of benzene rings is 1. The van der Waals surface area contributed by atoms with Crippen LogP contribution in [0.3, 0.4) is 0 Å². The Labute approximate surface area is 122 Å². The summed E-state index contributed by atoms with van der Waals surface area (Å²) in [6.45, 7) is 4.75. The molecule has 1 aliphatic carbocycles. The highest BCUT2D eigenvalue weighted by atomic mass is 16.1. The van der Waals surface area contributed by atoms with E-state index in [1.54, 1.807) is 0 Å². The van der Waals surface area contributed by atoms with Crippen molar-refractivity contribution in [2.75, 3.05) is 11.9 Å². The summed E-state index contributed by atoms with van der Waals surface area (Å²) in [4.78, 5) is 11.9. The Morgan fingerprint density at radius 2 is 1.80 bits per heavy atom. The summed E-state index contributed by atoms with van der Waals surface area (Å²) in [5.74, 6) is 0.570. The molecule has 1 aromatic carbocycles. The quantitative estimate of drug-likeness (QED) is 0.860. The summed E-state index contributed by atoms with van der Waals surface area (Å²) in [5.41, 5.74) is 2.17. The van der Waals surface area contributed by atoms with Crippen LogP contribution in [-0.4, -0.2) is 18.5 Å². The van der Waals surface area contributed by atoms with Crippen molar-refractivity contribution in [2.45, 2.75) is 57.9 Å². The zero-order chi connectivity index (χ0) is 14.4. The van der Waals surface area contributed by atoms with Crippen LogP contribution >= 0.6 is 0 Å². The fraction of sp³-hybridized carbons (Fsp3) is 0.588. The molecule has 2 rings (SSSR count). The van der Waals surface area contributed by atoms with Crippen LogP contribution in [0.4, 0.5) is 5.69 Å². The van der Waals surface area contributed by atoms with E-state index in [2.05, 4.69) is 36.6 Å². The Morgan fingerprint density at radius 1 is 1.15 bits per heavy atom. The Balaban J connectivity index is 1.75. The standard InChI is InChI=1S/C17H26N2O/c1-13(2)14-8-10-16(11-9-14)19-17(20)12-18-15-6-4-3-5-7-15/h8-11,13,15,18H,3-7,12H2,1-2H3,(H,19,20). The number of rotatable bonds is 5. The fourth-order valence-electron chi connectivity index (χ4n) is 2.70. The van der Waals surface area contributed by atoms with Crippen LogP contribution in [0.15, 0.2) is 24.3 Å². The first-order valence-electron chi connectivity index (χ1n) is 7.78. The molecule has 1 amide bonds. The number of nitrogens with one attached hydrogen (secondary N) is 2. The minimum absolute atomic E-state index is 0.0490.